The lowest BCUT2D eigenvalue weighted by Gasteiger charge is -2.27. The lowest BCUT2D eigenvalue weighted by Crippen LogP contribution is -2.11. The normalized spacial score (nSPS) is 11.8. The molecule has 0 fully saturated rings. The summed E-state index contributed by atoms with van der Waals surface area (Å²) < 4.78 is 9.14. The van der Waals surface area contributed by atoms with E-state index >= 15 is 0 Å². The summed E-state index contributed by atoms with van der Waals surface area (Å²) in [6, 6.07) is 69.6. The zero-order valence-electron chi connectivity index (χ0n) is 28.8. The van der Waals surface area contributed by atoms with Crippen molar-refractivity contribution in [2.45, 2.75) is 0 Å². The number of hydrogen-bond acceptors (Lipinski definition) is 2. The highest BCUT2D eigenvalue weighted by molar-refractivity contribution is 6.23. The van der Waals surface area contributed by atoms with E-state index in [4.69, 9.17) is 4.42 Å². The van der Waals surface area contributed by atoms with Crippen molar-refractivity contribution in [3.05, 3.63) is 194 Å². The smallest absolute Gasteiger partial charge is 0.160 e. The third-order valence-electron chi connectivity index (χ3n) is 10.8. The quantitative estimate of drug-likeness (QED) is 0.181. The van der Waals surface area contributed by atoms with Crippen LogP contribution in [0.4, 0.5) is 17.1 Å². The Morgan fingerprint density at radius 1 is 0.396 bits per heavy atom. The van der Waals surface area contributed by atoms with Crippen LogP contribution in [0.5, 0.6) is 0 Å². The number of furan rings is 1. The van der Waals surface area contributed by atoms with E-state index in [0.29, 0.717) is 0 Å². The lowest BCUT2D eigenvalue weighted by molar-refractivity contribution is 0.669. The summed E-state index contributed by atoms with van der Waals surface area (Å²) in [7, 11) is 0. The molecule has 3 heteroatoms. The molecule has 3 nitrogen and oxygen atoms in total. The molecule has 0 spiro atoms. The van der Waals surface area contributed by atoms with Gasteiger partial charge in [-0.05, 0) is 81.9 Å². The molecule has 0 amide bonds. The maximum Gasteiger partial charge on any atom is 0.160 e. The van der Waals surface area contributed by atoms with Crippen molar-refractivity contribution in [3.8, 4) is 16.8 Å². The Balaban J connectivity index is 1.06. The van der Waals surface area contributed by atoms with E-state index < -0.39 is 0 Å². The molecule has 0 atom stereocenters. The van der Waals surface area contributed by atoms with E-state index in [1.807, 2.05) is 6.07 Å². The molecule has 0 saturated carbocycles. The number of rotatable bonds is 5. The zero-order valence-corrected chi connectivity index (χ0v) is 28.8. The van der Waals surface area contributed by atoms with Crippen LogP contribution in [-0.2, 0) is 0 Å². The first kappa shape index (κ1) is 29.6. The second-order valence-corrected chi connectivity index (χ2v) is 13.7. The first-order valence-corrected chi connectivity index (χ1v) is 18.1. The minimum atomic E-state index is 0.877. The molecule has 9 aromatic carbocycles. The van der Waals surface area contributed by atoms with E-state index in [-0.39, 0.29) is 0 Å². The first-order chi connectivity index (χ1) is 26.3. The van der Waals surface area contributed by atoms with Gasteiger partial charge < -0.3 is 13.9 Å². The van der Waals surface area contributed by atoms with Gasteiger partial charge in [-0.2, -0.15) is 0 Å². The molecule has 2 aromatic heterocycles. The van der Waals surface area contributed by atoms with Crippen LogP contribution in [0.25, 0.3) is 82.1 Å². The minimum absolute atomic E-state index is 0.877. The standard InChI is InChI=1S/C50H32N2O/c1-3-15-39-35(12-1)14-11-22-44(39)52(47-32-36-13-2-4-16-40(36)49-43-19-7-10-23-48(43)53-50(47)49)38-30-26-34(27-31-38)33-24-28-37(29-25-33)51-45-20-8-5-17-41(45)42-18-6-9-21-46(42)51/h1-32H. The summed E-state index contributed by atoms with van der Waals surface area (Å²) >= 11 is 0. The predicted molar refractivity (Wildman–Crippen MR) is 223 cm³/mol. The van der Waals surface area contributed by atoms with Gasteiger partial charge in [0.15, 0.2) is 5.58 Å². The molecule has 0 aliphatic rings. The monoisotopic (exact) mass is 676 g/mol. The van der Waals surface area contributed by atoms with Gasteiger partial charge in [-0.15, -0.1) is 0 Å². The highest BCUT2D eigenvalue weighted by Gasteiger charge is 2.23. The molecule has 11 aromatic rings. The van der Waals surface area contributed by atoms with Crippen molar-refractivity contribution in [2.75, 3.05) is 4.90 Å². The van der Waals surface area contributed by atoms with Gasteiger partial charge in [0, 0.05) is 38.3 Å². The van der Waals surface area contributed by atoms with Crippen molar-refractivity contribution in [1.82, 2.24) is 4.57 Å². The van der Waals surface area contributed by atoms with Crippen molar-refractivity contribution < 1.29 is 4.42 Å². The van der Waals surface area contributed by atoms with Crippen LogP contribution in [0.1, 0.15) is 0 Å². The van der Waals surface area contributed by atoms with Crippen molar-refractivity contribution in [3.63, 3.8) is 0 Å². The molecule has 2 heterocycles. The van der Waals surface area contributed by atoms with Crippen molar-refractivity contribution in [1.29, 1.82) is 0 Å². The highest BCUT2D eigenvalue weighted by Crippen LogP contribution is 2.47. The summed E-state index contributed by atoms with van der Waals surface area (Å²) in [6.45, 7) is 0. The van der Waals surface area contributed by atoms with Crippen LogP contribution in [-0.4, -0.2) is 4.57 Å². The molecule has 248 valence electrons. The van der Waals surface area contributed by atoms with E-state index in [1.165, 1.54) is 48.9 Å². The Labute approximate surface area is 306 Å². The summed E-state index contributed by atoms with van der Waals surface area (Å²) in [5, 5.41) is 9.53. The zero-order chi connectivity index (χ0) is 34.9. The number of anilines is 3. The molecule has 0 saturated heterocycles. The highest BCUT2D eigenvalue weighted by atomic mass is 16.3. The topological polar surface area (TPSA) is 21.3 Å². The number of para-hydroxylation sites is 3. The maximum absolute atomic E-state index is 6.77. The molecular weight excluding hydrogens is 645 g/mol. The number of hydrogen-bond donors (Lipinski definition) is 0. The van der Waals surface area contributed by atoms with Crippen LogP contribution in [0.2, 0.25) is 0 Å². The van der Waals surface area contributed by atoms with Crippen LogP contribution < -0.4 is 4.90 Å². The SMILES string of the molecule is c1ccc2c(N(c3ccc(-c4ccc(-n5c6ccccc6c6ccccc65)cc4)cc3)c3cc4ccccc4c4c3oc3ccccc34)cccc2c1. The average Bonchev–Trinajstić information content (AvgIpc) is 3.78. The Hall–Kier alpha value is -7.10. The number of benzene rings is 9. The largest absolute Gasteiger partial charge is 0.454 e. The number of fused-ring (bicyclic) bond motifs is 9. The molecule has 0 unspecified atom stereocenters. The fourth-order valence-electron chi connectivity index (χ4n) is 8.34. The van der Waals surface area contributed by atoms with Crippen LogP contribution >= 0.6 is 0 Å². The summed E-state index contributed by atoms with van der Waals surface area (Å²) in [5.74, 6) is 0. The number of aromatic nitrogens is 1. The Bertz CT molecular complexity index is 3110. The van der Waals surface area contributed by atoms with Gasteiger partial charge in [-0.3, -0.25) is 0 Å². The van der Waals surface area contributed by atoms with Gasteiger partial charge in [0.05, 0.1) is 22.4 Å². The van der Waals surface area contributed by atoms with Crippen molar-refractivity contribution in [2.24, 2.45) is 0 Å². The van der Waals surface area contributed by atoms with Crippen LogP contribution in [0.3, 0.4) is 0 Å². The van der Waals surface area contributed by atoms with E-state index in [0.717, 1.165) is 50.3 Å². The fourth-order valence-corrected chi connectivity index (χ4v) is 8.34. The van der Waals surface area contributed by atoms with E-state index in [9.17, 15) is 0 Å². The predicted octanol–water partition coefficient (Wildman–Crippen LogP) is 14.1. The summed E-state index contributed by atoms with van der Waals surface area (Å²) in [4.78, 5) is 2.37. The second kappa shape index (κ2) is 11.7. The van der Waals surface area contributed by atoms with Crippen molar-refractivity contribution >= 4 is 82.4 Å². The molecular formula is C50H32N2O. The fraction of sp³-hybridized carbons (Fsp3) is 0. The van der Waals surface area contributed by atoms with E-state index in [2.05, 4.69) is 198 Å². The van der Waals surface area contributed by atoms with E-state index in [1.54, 1.807) is 0 Å². The third-order valence-corrected chi connectivity index (χ3v) is 10.8. The summed E-state index contributed by atoms with van der Waals surface area (Å²) in [5.41, 5.74) is 10.8. The lowest BCUT2D eigenvalue weighted by atomic mass is 10.00. The van der Waals surface area contributed by atoms with Crippen LogP contribution in [0.15, 0.2) is 199 Å². The van der Waals surface area contributed by atoms with Gasteiger partial charge in [-0.25, -0.2) is 0 Å². The molecule has 11 rings (SSSR count). The van der Waals surface area contributed by atoms with Crippen LogP contribution in [0, 0.1) is 0 Å². The average molecular weight is 677 g/mol. The van der Waals surface area contributed by atoms with Gasteiger partial charge >= 0.3 is 0 Å². The Morgan fingerprint density at radius 3 is 1.66 bits per heavy atom. The Morgan fingerprint density at radius 2 is 0.943 bits per heavy atom. The molecule has 0 aliphatic carbocycles. The van der Waals surface area contributed by atoms with Gasteiger partial charge in [0.1, 0.15) is 5.58 Å². The third kappa shape index (κ3) is 4.61. The second-order valence-electron chi connectivity index (χ2n) is 13.7. The number of nitrogens with zero attached hydrogens (tertiary/aromatic N) is 2. The van der Waals surface area contributed by atoms with Gasteiger partial charge in [0.2, 0.25) is 0 Å². The molecule has 53 heavy (non-hydrogen) atoms. The molecule has 0 aliphatic heterocycles. The molecule has 0 bridgehead atoms. The minimum Gasteiger partial charge on any atom is -0.454 e. The molecule has 0 N–H and O–H groups in total. The van der Waals surface area contributed by atoms with Gasteiger partial charge in [0.25, 0.3) is 0 Å². The maximum atomic E-state index is 6.77. The summed E-state index contributed by atoms with van der Waals surface area (Å²) in [6.07, 6.45) is 0. The van der Waals surface area contributed by atoms with Gasteiger partial charge in [-0.1, -0.05) is 140 Å². The Kier molecular flexibility index (Phi) is 6.55. The first-order valence-electron chi connectivity index (χ1n) is 18.1. The molecule has 0 radical (unpaired) electrons.